The average Bonchev–Trinajstić information content (AvgIpc) is 3.24. The summed E-state index contributed by atoms with van der Waals surface area (Å²) in [7, 11) is 0. The molecule has 0 saturated heterocycles. The highest BCUT2D eigenvalue weighted by Gasteiger charge is 2.29. The van der Waals surface area contributed by atoms with Crippen LogP contribution < -0.4 is 15.4 Å². The molecule has 0 bridgehead atoms. The summed E-state index contributed by atoms with van der Waals surface area (Å²) in [5.74, 6) is -0.425. The molecule has 4 rings (SSSR count). The first-order chi connectivity index (χ1) is 15.5. The van der Waals surface area contributed by atoms with E-state index in [1.54, 1.807) is 10.8 Å². The fourth-order valence-electron chi connectivity index (χ4n) is 3.69. The third-order valence-electron chi connectivity index (χ3n) is 5.29. The Morgan fingerprint density at radius 3 is 2.59 bits per heavy atom. The Kier molecular flexibility index (Phi) is 5.93. The van der Waals surface area contributed by atoms with Crippen LogP contribution in [0, 0.1) is 0 Å². The second-order valence-electron chi connectivity index (χ2n) is 7.27. The summed E-state index contributed by atoms with van der Waals surface area (Å²) in [5.41, 5.74) is 2.79. The lowest BCUT2D eigenvalue weighted by molar-refractivity contribution is -0.132. The molecule has 2 aromatic carbocycles. The van der Waals surface area contributed by atoms with Gasteiger partial charge in [0.15, 0.2) is 0 Å². The van der Waals surface area contributed by atoms with E-state index in [-0.39, 0.29) is 17.2 Å². The number of rotatable bonds is 7. The number of fused-ring (bicyclic) bond motifs is 1. The average molecular weight is 432 g/mol. The third kappa shape index (κ3) is 4.07. The van der Waals surface area contributed by atoms with Gasteiger partial charge in [0.25, 0.3) is 5.91 Å². The summed E-state index contributed by atoms with van der Waals surface area (Å²) in [6.07, 6.45) is 3.80. The van der Waals surface area contributed by atoms with Crippen LogP contribution in [0.5, 0.6) is 5.75 Å². The molecule has 8 nitrogen and oxygen atoms in total. The molecule has 0 unspecified atom stereocenters. The first-order valence-electron chi connectivity index (χ1n) is 10.4. The van der Waals surface area contributed by atoms with E-state index < -0.39 is 12.0 Å². The molecule has 32 heavy (non-hydrogen) atoms. The van der Waals surface area contributed by atoms with E-state index in [0.29, 0.717) is 18.1 Å². The van der Waals surface area contributed by atoms with Gasteiger partial charge in [0.05, 0.1) is 18.8 Å². The molecule has 1 amide bonds. The highest BCUT2D eigenvalue weighted by molar-refractivity contribution is 6.08. The molecule has 8 heteroatoms. The molecule has 1 atom stereocenters. The number of amides is 1. The van der Waals surface area contributed by atoms with Gasteiger partial charge in [0, 0.05) is 5.69 Å². The topological polar surface area (TPSA) is 105 Å². The van der Waals surface area contributed by atoms with E-state index >= 15 is 0 Å². The zero-order valence-electron chi connectivity index (χ0n) is 17.8. The molecule has 0 radical (unpaired) electrons. The summed E-state index contributed by atoms with van der Waals surface area (Å²) in [6.45, 7) is 4.47. The van der Waals surface area contributed by atoms with Gasteiger partial charge in [-0.05, 0) is 48.7 Å². The second kappa shape index (κ2) is 8.97. The molecular formula is C24H24N4O4. The molecule has 0 aliphatic carbocycles. The number of para-hydroxylation sites is 1. The van der Waals surface area contributed by atoms with E-state index in [2.05, 4.69) is 15.7 Å². The molecule has 0 fully saturated rings. The van der Waals surface area contributed by atoms with Gasteiger partial charge < -0.3 is 20.5 Å². The smallest absolute Gasteiger partial charge is 0.352 e. The van der Waals surface area contributed by atoms with Gasteiger partial charge in [0.2, 0.25) is 0 Å². The summed E-state index contributed by atoms with van der Waals surface area (Å²) in [5, 5.41) is 19.8. The number of nitrogens with one attached hydrogen (secondary N) is 2. The first kappa shape index (κ1) is 21.2. The summed E-state index contributed by atoms with van der Waals surface area (Å²) in [6, 6.07) is 14.5. The number of nitrogens with zero attached hydrogens (tertiary/aromatic N) is 2. The Balaban J connectivity index is 1.69. The van der Waals surface area contributed by atoms with Gasteiger partial charge in [-0.2, -0.15) is 5.10 Å². The Morgan fingerprint density at radius 1 is 1.16 bits per heavy atom. The number of hydrogen-bond acceptors (Lipinski definition) is 5. The number of hydrogen-bond donors (Lipinski definition) is 3. The lowest BCUT2D eigenvalue weighted by atomic mass is 10.0. The lowest BCUT2D eigenvalue weighted by Crippen LogP contribution is -2.25. The minimum Gasteiger partial charge on any atom is -0.494 e. The number of carboxylic acid groups (broad SMARTS) is 1. The van der Waals surface area contributed by atoms with Crippen LogP contribution in [0.1, 0.15) is 41.4 Å². The van der Waals surface area contributed by atoms with Crippen molar-refractivity contribution in [3.63, 3.8) is 0 Å². The number of ether oxygens (including phenoxy) is 1. The Labute approximate surface area is 185 Å². The van der Waals surface area contributed by atoms with Crippen molar-refractivity contribution in [1.29, 1.82) is 0 Å². The SMILES string of the molecule is CCOc1ccc([C@H]2C=C(C(=O)O)Nc3c(C(=O)Nc4ccccc4CC)cnn32)cc1. The van der Waals surface area contributed by atoms with Crippen molar-refractivity contribution >= 4 is 23.4 Å². The number of aliphatic carboxylic acids is 1. The number of anilines is 2. The van der Waals surface area contributed by atoms with Gasteiger partial charge in [-0.15, -0.1) is 0 Å². The molecule has 1 aliphatic heterocycles. The van der Waals surface area contributed by atoms with Crippen LogP contribution in [-0.4, -0.2) is 33.4 Å². The first-order valence-corrected chi connectivity index (χ1v) is 10.4. The number of aryl methyl sites for hydroxylation is 1. The highest BCUT2D eigenvalue weighted by atomic mass is 16.5. The van der Waals surface area contributed by atoms with E-state index in [1.165, 1.54) is 6.20 Å². The molecule has 3 N–H and O–H groups in total. The normalized spacial score (nSPS) is 14.7. The van der Waals surface area contributed by atoms with Crippen molar-refractivity contribution in [1.82, 2.24) is 9.78 Å². The van der Waals surface area contributed by atoms with Crippen molar-refractivity contribution in [3.05, 3.63) is 83.2 Å². The van der Waals surface area contributed by atoms with Crippen LogP contribution in [0.2, 0.25) is 0 Å². The van der Waals surface area contributed by atoms with Crippen LogP contribution in [-0.2, 0) is 11.2 Å². The quantitative estimate of drug-likeness (QED) is 0.520. The minimum absolute atomic E-state index is 0.0140. The molecule has 164 valence electrons. The van der Waals surface area contributed by atoms with Crippen molar-refractivity contribution in [2.24, 2.45) is 0 Å². The van der Waals surface area contributed by atoms with E-state index in [0.717, 1.165) is 23.3 Å². The fourth-order valence-corrected chi connectivity index (χ4v) is 3.69. The molecule has 3 aromatic rings. The van der Waals surface area contributed by atoms with E-state index in [1.807, 2.05) is 62.4 Å². The van der Waals surface area contributed by atoms with Gasteiger partial charge in [-0.3, -0.25) is 4.79 Å². The number of allylic oxidation sites excluding steroid dienone is 1. The monoisotopic (exact) mass is 432 g/mol. The zero-order valence-corrected chi connectivity index (χ0v) is 17.8. The van der Waals surface area contributed by atoms with Crippen molar-refractivity contribution < 1.29 is 19.4 Å². The largest absolute Gasteiger partial charge is 0.494 e. The summed E-state index contributed by atoms with van der Waals surface area (Å²) in [4.78, 5) is 24.8. The lowest BCUT2D eigenvalue weighted by Gasteiger charge is -2.24. The third-order valence-corrected chi connectivity index (χ3v) is 5.29. The zero-order chi connectivity index (χ0) is 22.7. The molecule has 2 heterocycles. The molecule has 0 spiro atoms. The van der Waals surface area contributed by atoms with Crippen molar-refractivity contribution in [3.8, 4) is 5.75 Å². The highest BCUT2D eigenvalue weighted by Crippen LogP contribution is 2.33. The minimum atomic E-state index is -1.11. The van der Waals surface area contributed by atoms with Gasteiger partial charge in [0.1, 0.15) is 22.8 Å². The number of benzene rings is 2. The Hall–Kier alpha value is -4.07. The Bertz CT molecular complexity index is 1180. The summed E-state index contributed by atoms with van der Waals surface area (Å²) >= 11 is 0. The molecule has 1 aliphatic rings. The predicted octanol–water partition coefficient (Wildman–Crippen LogP) is 4.08. The maximum Gasteiger partial charge on any atom is 0.352 e. The Morgan fingerprint density at radius 2 is 1.91 bits per heavy atom. The van der Waals surface area contributed by atoms with Crippen LogP contribution in [0.3, 0.4) is 0 Å². The van der Waals surface area contributed by atoms with Crippen LogP contribution in [0.4, 0.5) is 11.5 Å². The molecular weight excluding hydrogens is 408 g/mol. The molecule has 0 saturated carbocycles. The number of carbonyl (C=O) groups excluding carboxylic acids is 1. The van der Waals surface area contributed by atoms with E-state index in [4.69, 9.17) is 4.74 Å². The van der Waals surface area contributed by atoms with Crippen molar-refractivity contribution in [2.75, 3.05) is 17.2 Å². The maximum absolute atomic E-state index is 13.1. The van der Waals surface area contributed by atoms with Crippen LogP contribution in [0.15, 0.2) is 66.5 Å². The van der Waals surface area contributed by atoms with Gasteiger partial charge in [-0.25, -0.2) is 9.48 Å². The van der Waals surface area contributed by atoms with Gasteiger partial charge >= 0.3 is 5.97 Å². The summed E-state index contributed by atoms with van der Waals surface area (Å²) < 4.78 is 7.10. The molecule has 1 aromatic heterocycles. The van der Waals surface area contributed by atoms with Gasteiger partial charge in [-0.1, -0.05) is 37.3 Å². The number of carboxylic acids is 1. The van der Waals surface area contributed by atoms with E-state index in [9.17, 15) is 14.7 Å². The number of aromatic nitrogens is 2. The van der Waals surface area contributed by atoms with Crippen LogP contribution in [0.25, 0.3) is 0 Å². The van der Waals surface area contributed by atoms with Crippen LogP contribution >= 0.6 is 0 Å². The predicted molar refractivity (Wildman–Crippen MR) is 121 cm³/mol. The maximum atomic E-state index is 13.1. The standard InChI is InChI=1S/C24H24N4O4/c1-3-15-7-5-6-8-19(15)27-23(29)18-14-25-28-21(13-20(24(30)31)26-22(18)28)16-9-11-17(12-10-16)32-4-2/h5-14,21,26H,3-4H2,1-2H3,(H,27,29)(H,30,31)/t21-/m1/s1. The fraction of sp³-hybridized carbons (Fsp3) is 0.208. The second-order valence-corrected chi connectivity index (χ2v) is 7.27. The number of carbonyl (C=O) groups is 2. The van der Waals surface area contributed by atoms with Crippen molar-refractivity contribution in [2.45, 2.75) is 26.3 Å².